The number of rotatable bonds is 1. The molecule has 0 aliphatic carbocycles. The second-order valence-electron chi connectivity index (χ2n) is 12.5. The lowest BCUT2D eigenvalue weighted by Gasteiger charge is -2.53. The molecular weight excluding hydrogens is 521 g/mol. The summed E-state index contributed by atoms with van der Waals surface area (Å²) in [5, 5.41) is 3.03. The van der Waals surface area contributed by atoms with Crippen molar-refractivity contribution < 1.29 is 0 Å². The molecule has 0 radical (unpaired) electrons. The highest BCUT2D eigenvalue weighted by atomic mass is 28.3. The van der Waals surface area contributed by atoms with Crippen LogP contribution in [0.2, 0.25) is 13.1 Å². The van der Waals surface area contributed by atoms with Crippen molar-refractivity contribution >= 4 is 58.6 Å². The highest BCUT2D eigenvalue weighted by Gasteiger charge is 2.54. The number of hydrogen-bond acceptors (Lipinski definition) is 1. The summed E-state index contributed by atoms with van der Waals surface area (Å²) in [4.78, 5) is 2.59. The summed E-state index contributed by atoms with van der Waals surface area (Å²) in [6, 6.07) is 55.1. The van der Waals surface area contributed by atoms with Crippen LogP contribution in [0, 0.1) is 0 Å². The Kier molecular flexibility index (Phi) is 4.85. The van der Waals surface area contributed by atoms with Crippen LogP contribution in [-0.2, 0) is 5.41 Å². The number of anilines is 3. The molecule has 0 unspecified atom stereocenters. The fourth-order valence-electron chi connectivity index (χ4n) is 8.51. The van der Waals surface area contributed by atoms with Gasteiger partial charge in [-0.25, -0.2) is 0 Å². The molecule has 1 nitrogen and oxygen atoms in total. The van der Waals surface area contributed by atoms with Crippen molar-refractivity contribution in [2.45, 2.75) is 18.5 Å². The lowest BCUT2D eigenvalue weighted by atomic mass is 9.30. The van der Waals surface area contributed by atoms with Crippen LogP contribution in [0.4, 0.5) is 17.1 Å². The molecule has 3 heterocycles. The first kappa shape index (κ1) is 24.0. The van der Waals surface area contributed by atoms with Gasteiger partial charge in [-0.2, -0.15) is 0 Å². The van der Waals surface area contributed by atoms with Crippen LogP contribution in [0.15, 0.2) is 146 Å². The highest BCUT2D eigenvalue weighted by Crippen LogP contribution is 2.58. The zero-order chi connectivity index (χ0) is 28.1. The maximum atomic E-state index is 2.59. The minimum Gasteiger partial charge on any atom is -0.310 e. The smallest absolute Gasteiger partial charge is 0.242 e. The molecule has 0 atom stereocenters. The Bertz CT molecular complexity index is 1980. The van der Waals surface area contributed by atoms with Crippen LogP contribution < -0.4 is 31.7 Å². The highest BCUT2D eigenvalue weighted by molar-refractivity contribution is 7.03. The van der Waals surface area contributed by atoms with Crippen LogP contribution in [0.1, 0.15) is 22.3 Å². The average molecular weight is 552 g/mol. The molecule has 0 fully saturated rings. The first-order valence-electron chi connectivity index (χ1n) is 15.0. The maximum Gasteiger partial charge on any atom is 0.242 e. The maximum absolute atomic E-state index is 2.59. The van der Waals surface area contributed by atoms with E-state index in [9.17, 15) is 0 Å². The van der Waals surface area contributed by atoms with Crippen molar-refractivity contribution in [3.8, 4) is 0 Å². The van der Waals surface area contributed by atoms with Crippen molar-refractivity contribution in [3.63, 3.8) is 0 Å². The lowest BCUT2D eigenvalue weighted by Crippen LogP contribution is -2.64. The second kappa shape index (κ2) is 8.47. The van der Waals surface area contributed by atoms with Crippen molar-refractivity contribution in [2.24, 2.45) is 0 Å². The van der Waals surface area contributed by atoms with E-state index in [1.807, 2.05) is 0 Å². The van der Waals surface area contributed by atoms with Gasteiger partial charge in [-0.3, -0.25) is 0 Å². The van der Waals surface area contributed by atoms with Gasteiger partial charge in [-0.15, -0.1) is 0 Å². The molecule has 0 saturated carbocycles. The zero-order valence-electron chi connectivity index (χ0n) is 23.9. The summed E-state index contributed by atoms with van der Waals surface area (Å²) < 4.78 is 0. The third kappa shape index (κ3) is 2.84. The molecule has 1 spiro atoms. The lowest BCUT2D eigenvalue weighted by molar-refractivity contribution is 0.737. The number of benzene rings is 6. The van der Waals surface area contributed by atoms with Crippen LogP contribution in [-0.4, -0.2) is 14.8 Å². The third-order valence-electron chi connectivity index (χ3n) is 10.2. The Labute approximate surface area is 249 Å². The van der Waals surface area contributed by atoms with Crippen molar-refractivity contribution in [1.82, 2.24) is 0 Å². The SMILES string of the molecule is C[Si]1(C)c2ccccc2N2c3ccccc3C3(c4ccccc4B(c4ccccc4)c4ccccc43)c3cccc1c32. The minimum atomic E-state index is -1.98. The fraction of sp³-hybridized carbons (Fsp3) is 0.0769. The summed E-state index contributed by atoms with van der Waals surface area (Å²) in [6.07, 6.45) is 0. The van der Waals surface area contributed by atoms with Gasteiger partial charge in [-0.05, 0) is 44.8 Å². The van der Waals surface area contributed by atoms with Gasteiger partial charge in [0, 0.05) is 5.69 Å². The molecule has 0 N–H and O–H groups in total. The van der Waals surface area contributed by atoms with Gasteiger partial charge in [-0.1, -0.05) is 163 Å². The first-order valence-corrected chi connectivity index (χ1v) is 18.0. The van der Waals surface area contributed by atoms with E-state index in [1.165, 1.54) is 66.1 Å². The van der Waals surface area contributed by atoms with Gasteiger partial charge in [0.1, 0.15) is 8.07 Å². The van der Waals surface area contributed by atoms with Gasteiger partial charge in [0.25, 0.3) is 0 Å². The van der Waals surface area contributed by atoms with Gasteiger partial charge in [0.2, 0.25) is 6.71 Å². The van der Waals surface area contributed by atoms with Gasteiger partial charge in [0.05, 0.1) is 16.8 Å². The van der Waals surface area contributed by atoms with Crippen LogP contribution in [0.5, 0.6) is 0 Å². The van der Waals surface area contributed by atoms with Gasteiger partial charge < -0.3 is 4.90 Å². The molecule has 0 amide bonds. The third-order valence-corrected chi connectivity index (χ3v) is 13.7. The predicted octanol–water partition coefficient (Wildman–Crippen LogP) is 5.82. The fourth-order valence-corrected chi connectivity index (χ4v) is 11.5. The molecule has 198 valence electrons. The van der Waals surface area contributed by atoms with E-state index in [0.29, 0.717) is 0 Å². The van der Waals surface area contributed by atoms with E-state index in [4.69, 9.17) is 0 Å². The standard InChI is InChI=1S/C39H30BNSi/c1-42(2)36-25-13-12-24-35(36)41-34-23-11-8-19-30(34)39(31-20-14-26-37(42)38(31)41)28-17-6-9-21-32(28)40(27-15-4-3-5-16-27)33-22-10-7-18-29(33)39/h3-26H,1-2H3. The molecule has 42 heavy (non-hydrogen) atoms. The van der Waals surface area contributed by atoms with E-state index in [-0.39, 0.29) is 6.71 Å². The van der Waals surface area contributed by atoms with E-state index in [2.05, 4.69) is 164 Å². The Balaban J connectivity index is 1.47. The topological polar surface area (TPSA) is 3.24 Å². The van der Waals surface area contributed by atoms with Crippen LogP contribution >= 0.6 is 0 Å². The molecule has 0 saturated heterocycles. The number of hydrogen-bond donors (Lipinski definition) is 0. The monoisotopic (exact) mass is 551 g/mol. The Morgan fingerprint density at radius 2 is 1.00 bits per heavy atom. The summed E-state index contributed by atoms with van der Waals surface area (Å²) in [7, 11) is -1.98. The van der Waals surface area contributed by atoms with E-state index in [1.54, 1.807) is 0 Å². The number of nitrogens with zero attached hydrogens (tertiary/aromatic N) is 1. The summed E-state index contributed by atoms with van der Waals surface area (Å²) >= 11 is 0. The van der Waals surface area contributed by atoms with E-state index >= 15 is 0 Å². The van der Waals surface area contributed by atoms with Crippen molar-refractivity contribution in [2.75, 3.05) is 4.90 Å². The van der Waals surface area contributed by atoms with Crippen LogP contribution in [0.25, 0.3) is 0 Å². The molecule has 0 aromatic heterocycles. The summed E-state index contributed by atoms with van der Waals surface area (Å²) in [5.74, 6) is 0. The molecule has 9 rings (SSSR count). The largest absolute Gasteiger partial charge is 0.310 e. The first-order chi connectivity index (χ1) is 20.6. The summed E-state index contributed by atoms with van der Waals surface area (Å²) in [5.41, 5.74) is 13.3. The molecular formula is C39H30BNSi. The van der Waals surface area contributed by atoms with E-state index < -0.39 is 13.5 Å². The van der Waals surface area contributed by atoms with Gasteiger partial charge in [0.15, 0.2) is 0 Å². The Hall–Kier alpha value is -4.60. The normalized spacial score (nSPS) is 16.1. The minimum absolute atomic E-state index is 0.181. The molecule has 3 aliphatic heterocycles. The van der Waals surface area contributed by atoms with E-state index in [0.717, 1.165) is 0 Å². The molecule has 3 heteroatoms. The Morgan fingerprint density at radius 3 is 1.71 bits per heavy atom. The average Bonchev–Trinajstić information content (AvgIpc) is 3.04. The quantitative estimate of drug-likeness (QED) is 0.233. The second-order valence-corrected chi connectivity index (χ2v) is 16.8. The van der Waals surface area contributed by atoms with Gasteiger partial charge >= 0.3 is 0 Å². The molecule has 3 aliphatic rings. The number of para-hydroxylation sites is 3. The molecule has 6 aromatic carbocycles. The molecule has 0 bridgehead atoms. The van der Waals surface area contributed by atoms with Crippen molar-refractivity contribution in [3.05, 3.63) is 168 Å². The Morgan fingerprint density at radius 1 is 0.476 bits per heavy atom. The summed E-state index contributed by atoms with van der Waals surface area (Å²) in [6.45, 7) is 5.24. The number of fused-ring (bicyclic) bond motifs is 10. The van der Waals surface area contributed by atoms with Crippen LogP contribution in [0.3, 0.4) is 0 Å². The van der Waals surface area contributed by atoms with Crippen molar-refractivity contribution in [1.29, 1.82) is 0 Å². The molecule has 6 aromatic rings. The predicted molar refractivity (Wildman–Crippen MR) is 181 cm³/mol. The zero-order valence-corrected chi connectivity index (χ0v) is 24.9.